The minimum atomic E-state index is -0.586. The van der Waals surface area contributed by atoms with Crippen LogP contribution in [0.4, 0.5) is 5.69 Å². The van der Waals surface area contributed by atoms with Crippen molar-refractivity contribution in [2.75, 3.05) is 19.6 Å². The van der Waals surface area contributed by atoms with Gasteiger partial charge in [-0.15, -0.1) is 0 Å². The zero-order valence-corrected chi connectivity index (χ0v) is 15.6. The van der Waals surface area contributed by atoms with Crippen molar-refractivity contribution in [3.05, 3.63) is 69.0 Å². The number of aromatic nitrogens is 1. The molecule has 2 heterocycles. The van der Waals surface area contributed by atoms with Crippen LogP contribution in [0.3, 0.4) is 0 Å². The molecule has 0 saturated carbocycles. The summed E-state index contributed by atoms with van der Waals surface area (Å²) in [6, 6.07) is 8.15. The number of likely N-dealkylation sites (tertiary alicyclic amines) is 1. The molecule has 8 heteroatoms. The Morgan fingerprint density at radius 2 is 1.96 bits per heavy atom. The summed E-state index contributed by atoms with van der Waals surface area (Å²) in [7, 11) is 0. The third kappa shape index (κ3) is 5.24. The second-order valence-corrected chi connectivity index (χ2v) is 7.12. The molecule has 0 radical (unpaired) electrons. The van der Waals surface area contributed by atoms with Gasteiger partial charge in [0, 0.05) is 37.1 Å². The molecule has 1 aliphatic rings. The summed E-state index contributed by atoms with van der Waals surface area (Å²) in [6.45, 7) is 3.44. The van der Waals surface area contributed by atoms with Crippen molar-refractivity contribution in [3.8, 4) is 0 Å². The van der Waals surface area contributed by atoms with Crippen molar-refractivity contribution in [2.24, 2.45) is 5.92 Å². The van der Waals surface area contributed by atoms with E-state index in [1.54, 1.807) is 12.4 Å². The molecular weight excluding hydrogens is 368 g/mol. The fraction of sp³-hybridized carbons (Fsp3) is 0.368. The normalized spacial score (nSPS) is 15.4. The van der Waals surface area contributed by atoms with E-state index in [1.165, 1.54) is 23.8 Å². The lowest BCUT2D eigenvalue weighted by molar-refractivity contribution is -0.384. The zero-order valence-electron chi connectivity index (χ0n) is 14.8. The highest BCUT2D eigenvalue weighted by atomic mass is 35.5. The van der Waals surface area contributed by atoms with Gasteiger partial charge in [0.15, 0.2) is 0 Å². The van der Waals surface area contributed by atoms with Crippen LogP contribution in [0.5, 0.6) is 0 Å². The highest BCUT2D eigenvalue weighted by Crippen LogP contribution is 2.25. The number of hydrogen-bond donors (Lipinski definition) is 1. The number of pyridine rings is 1. The Bertz CT molecular complexity index is 808. The molecule has 0 spiro atoms. The van der Waals surface area contributed by atoms with Crippen LogP contribution in [-0.4, -0.2) is 40.3 Å². The average Bonchev–Trinajstić information content (AvgIpc) is 2.68. The Kier molecular flexibility index (Phi) is 6.36. The van der Waals surface area contributed by atoms with Gasteiger partial charge in [0.2, 0.25) is 0 Å². The zero-order chi connectivity index (χ0) is 19.2. The minimum Gasteiger partial charge on any atom is -0.352 e. The monoisotopic (exact) mass is 388 g/mol. The molecule has 1 aliphatic heterocycles. The van der Waals surface area contributed by atoms with Gasteiger partial charge >= 0.3 is 0 Å². The summed E-state index contributed by atoms with van der Waals surface area (Å²) in [4.78, 5) is 29.1. The van der Waals surface area contributed by atoms with Gasteiger partial charge < -0.3 is 5.32 Å². The predicted octanol–water partition coefficient (Wildman–Crippen LogP) is 3.29. The van der Waals surface area contributed by atoms with E-state index in [-0.39, 0.29) is 22.2 Å². The van der Waals surface area contributed by atoms with Gasteiger partial charge in [-0.1, -0.05) is 11.6 Å². The van der Waals surface area contributed by atoms with E-state index in [0.29, 0.717) is 12.5 Å². The Balaban J connectivity index is 1.46. The summed E-state index contributed by atoms with van der Waals surface area (Å²) in [5.74, 6) is 0.0962. The van der Waals surface area contributed by atoms with E-state index in [9.17, 15) is 14.9 Å². The number of benzene rings is 1. The van der Waals surface area contributed by atoms with Gasteiger partial charge in [-0.25, -0.2) is 0 Å². The first-order valence-corrected chi connectivity index (χ1v) is 9.24. The Morgan fingerprint density at radius 1 is 1.26 bits per heavy atom. The van der Waals surface area contributed by atoms with Gasteiger partial charge in [0.1, 0.15) is 5.02 Å². The van der Waals surface area contributed by atoms with E-state index >= 15 is 0 Å². The highest BCUT2D eigenvalue weighted by molar-refractivity contribution is 6.32. The van der Waals surface area contributed by atoms with Crippen LogP contribution in [0.15, 0.2) is 42.7 Å². The first kappa shape index (κ1) is 19.3. The van der Waals surface area contributed by atoms with Crippen molar-refractivity contribution < 1.29 is 9.72 Å². The van der Waals surface area contributed by atoms with Crippen molar-refractivity contribution in [2.45, 2.75) is 19.4 Å². The number of carbonyl (C=O) groups is 1. The topological polar surface area (TPSA) is 88.4 Å². The van der Waals surface area contributed by atoms with E-state index < -0.39 is 4.92 Å². The smallest absolute Gasteiger partial charge is 0.288 e. The van der Waals surface area contributed by atoms with Crippen LogP contribution in [0.1, 0.15) is 28.8 Å². The summed E-state index contributed by atoms with van der Waals surface area (Å²) in [6.07, 6.45) is 5.62. The van der Waals surface area contributed by atoms with Crippen molar-refractivity contribution in [1.29, 1.82) is 0 Å². The van der Waals surface area contributed by atoms with Crippen LogP contribution < -0.4 is 5.32 Å². The number of amides is 1. The fourth-order valence-electron chi connectivity index (χ4n) is 3.23. The van der Waals surface area contributed by atoms with Crippen molar-refractivity contribution in [1.82, 2.24) is 15.2 Å². The molecule has 0 atom stereocenters. The standard InChI is InChI=1S/C19H21ClN4O3/c20-17-2-1-16(11-18(17)24(26)27)19(25)22-12-14-5-9-23(10-6-14)13-15-3-7-21-8-4-15/h1-4,7-8,11,14H,5-6,9-10,12-13H2,(H,22,25). The summed E-state index contributed by atoms with van der Waals surface area (Å²) >= 11 is 5.78. The summed E-state index contributed by atoms with van der Waals surface area (Å²) in [5.41, 5.74) is 1.25. The maximum atomic E-state index is 12.3. The lowest BCUT2D eigenvalue weighted by atomic mass is 9.96. The van der Waals surface area contributed by atoms with Gasteiger partial charge in [0.25, 0.3) is 11.6 Å². The van der Waals surface area contributed by atoms with Gasteiger partial charge in [-0.3, -0.25) is 24.8 Å². The van der Waals surface area contributed by atoms with Crippen LogP contribution in [0.25, 0.3) is 0 Å². The molecule has 1 aromatic heterocycles. The van der Waals surface area contributed by atoms with Gasteiger partial charge in [-0.05, 0) is 61.7 Å². The average molecular weight is 389 g/mol. The van der Waals surface area contributed by atoms with Gasteiger partial charge in [0.05, 0.1) is 4.92 Å². The molecule has 0 aliphatic carbocycles. The van der Waals surface area contributed by atoms with E-state index in [0.717, 1.165) is 32.5 Å². The third-order valence-corrected chi connectivity index (χ3v) is 5.14. The number of nitrogens with zero attached hydrogens (tertiary/aromatic N) is 3. The number of nitro benzene ring substituents is 1. The highest BCUT2D eigenvalue weighted by Gasteiger charge is 2.21. The molecule has 1 N–H and O–H groups in total. The summed E-state index contributed by atoms with van der Waals surface area (Å²) < 4.78 is 0. The SMILES string of the molecule is O=C(NCC1CCN(Cc2ccncc2)CC1)c1ccc(Cl)c([N+](=O)[O-])c1. The number of piperidine rings is 1. The van der Waals surface area contributed by atoms with Crippen LogP contribution in [0, 0.1) is 16.0 Å². The molecular formula is C19H21ClN4O3. The maximum absolute atomic E-state index is 12.3. The third-order valence-electron chi connectivity index (χ3n) is 4.82. The molecule has 0 bridgehead atoms. The molecule has 7 nitrogen and oxygen atoms in total. The lowest BCUT2D eigenvalue weighted by Gasteiger charge is -2.32. The van der Waals surface area contributed by atoms with E-state index in [1.807, 2.05) is 12.1 Å². The molecule has 0 unspecified atom stereocenters. The first-order chi connectivity index (χ1) is 13.0. The molecule has 27 heavy (non-hydrogen) atoms. The Hall–Kier alpha value is -2.51. The second kappa shape index (κ2) is 8.92. The van der Waals surface area contributed by atoms with E-state index in [4.69, 9.17) is 11.6 Å². The number of nitro groups is 1. The number of carbonyl (C=O) groups excluding carboxylic acids is 1. The van der Waals surface area contributed by atoms with Crippen LogP contribution in [-0.2, 0) is 6.54 Å². The van der Waals surface area contributed by atoms with Crippen molar-refractivity contribution >= 4 is 23.2 Å². The molecule has 142 valence electrons. The fourth-order valence-corrected chi connectivity index (χ4v) is 3.41. The van der Waals surface area contributed by atoms with Crippen LogP contribution in [0.2, 0.25) is 5.02 Å². The number of halogens is 1. The number of hydrogen-bond acceptors (Lipinski definition) is 5. The molecule has 1 fully saturated rings. The van der Waals surface area contributed by atoms with E-state index in [2.05, 4.69) is 15.2 Å². The number of nitrogens with one attached hydrogen (secondary N) is 1. The molecule has 1 amide bonds. The molecule has 1 saturated heterocycles. The molecule has 2 aromatic rings. The number of rotatable bonds is 6. The summed E-state index contributed by atoms with van der Waals surface area (Å²) in [5, 5.41) is 13.9. The largest absolute Gasteiger partial charge is 0.352 e. The maximum Gasteiger partial charge on any atom is 0.288 e. The van der Waals surface area contributed by atoms with Gasteiger partial charge in [-0.2, -0.15) is 0 Å². The molecule has 3 rings (SSSR count). The first-order valence-electron chi connectivity index (χ1n) is 8.86. The minimum absolute atomic E-state index is 0.0260. The Morgan fingerprint density at radius 3 is 2.63 bits per heavy atom. The van der Waals surface area contributed by atoms with Crippen molar-refractivity contribution in [3.63, 3.8) is 0 Å². The lowest BCUT2D eigenvalue weighted by Crippen LogP contribution is -2.38. The molecule has 1 aromatic carbocycles. The van der Waals surface area contributed by atoms with Crippen LogP contribution >= 0.6 is 11.6 Å². The predicted molar refractivity (Wildman–Crippen MR) is 103 cm³/mol. The quantitative estimate of drug-likeness (QED) is 0.606. The Labute approximate surface area is 162 Å². The second-order valence-electron chi connectivity index (χ2n) is 6.71.